The zero-order valence-electron chi connectivity index (χ0n) is 12.5. The van der Waals surface area contributed by atoms with Crippen molar-refractivity contribution in [3.63, 3.8) is 0 Å². The topological polar surface area (TPSA) is 45.2 Å². The highest BCUT2D eigenvalue weighted by Crippen LogP contribution is 2.06. The molecule has 0 aromatic carbocycles. The molecule has 112 valence electrons. The molecule has 1 N–H and O–H groups in total. The summed E-state index contributed by atoms with van der Waals surface area (Å²) in [7, 11) is 0. The van der Waals surface area contributed by atoms with Crippen LogP contribution in [0.15, 0.2) is 18.3 Å². The van der Waals surface area contributed by atoms with Gasteiger partial charge in [-0.25, -0.2) is 4.98 Å². The van der Waals surface area contributed by atoms with Crippen molar-refractivity contribution in [1.29, 1.82) is 0 Å². The van der Waals surface area contributed by atoms with Crippen LogP contribution >= 0.6 is 11.6 Å². The van der Waals surface area contributed by atoms with Crippen molar-refractivity contribution in [2.45, 2.75) is 39.7 Å². The summed E-state index contributed by atoms with van der Waals surface area (Å²) in [6.45, 7) is 9.60. The molecule has 0 fully saturated rings. The average molecular weight is 298 g/mol. The Bertz CT molecular complexity index is 404. The molecule has 0 radical (unpaired) electrons. The van der Waals surface area contributed by atoms with Gasteiger partial charge in [-0.05, 0) is 51.5 Å². The van der Waals surface area contributed by atoms with Crippen molar-refractivity contribution in [3.8, 4) is 0 Å². The number of aromatic nitrogens is 1. The number of carbonyl (C=O) groups excluding carboxylic acids is 1. The van der Waals surface area contributed by atoms with Crippen LogP contribution in [0, 0.1) is 0 Å². The maximum absolute atomic E-state index is 12.0. The molecule has 1 rings (SSSR count). The molecule has 4 nitrogen and oxygen atoms in total. The van der Waals surface area contributed by atoms with Gasteiger partial charge in [0, 0.05) is 12.2 Å². The van der Waals surface area contributed by atoms with Gasteiger partial charge in [0.1, 0.15) is 5.15 Å². The Labute approximate surface area is 126 Å². The van der Waals surface area contributed by atoms with Gasteiger partial charge in [0.05, 0.1) is 5.56 Å². The first kappa shape index (κ1) is 16.9. The third kappa shape index (κ3) is 5.88. The molecule has 5 heteroatoms. The van der Waals surface area contributed by atoms with E-state index in [1.807, 2.05) is 6.92 Å². The van der Waals surface area contributed by atoms with E-state index in [4.69, 9.17) is 11.6 Å². The molecular formula is C15H24ClN3O. The number of rotatable bonds is 8. The first-order valence-electron chi connectivity index (χ1n) is 7.21. The van der Waals surface area contributed by atoms with Gasteiger partial charge in [-0.3, -0.25) is 4.79 Å². The lowest BCUT2D eigenvalue weighted by molar-refractivity contribution is 0.0937. The molecule has 0 aliphatic rings. The zero-order chi connectivity index (χ0) is 15.0. The maximum atomic E-state index is 12.0. The molecule has 1 atom stereocenters. The highest BCUT2D eigenvalue weighted by atomic mass is 35.5. The van der Waals surface area contributed by atoms with Crippen LogP contribution in [0.1, 0.15) is 44.0 Å². The molecule has 20 heavy (non-hydrogen) atoms. The molecule has 0 spiro atoms. The van der Waals surface area contributed by atoms with E-state index >= 15 is 0 Å². The van der Waals surface area contributed by atoms with Gasteiger partial charge < -0.3 is 10.2 Å². The number of carbonyl (C=O) groups is 1. The molecular weight excluding hydrogens is 274 g/mol. The van der Waals surface area contributed by atoms with Crippen LogP contribution in [0.25, 0.3) is 0 Å². The number of pyridine rings is 1. The fourth-order valence-electron chi connectivity index (χ4n) is 2.05. The number of amides is 1. The molecule has 1 amide bonds. The standard InChI is InChI=1S/C15H24ClN3O/c1-4-19(5-2)10-6-7-12(3)18-15(20)13-8-9-14(16)17-11-13/h8-9,11-12H,4-7,10H2,1-3H3,(H,18,20). The summed E-state index contributed by atoms with van der Waals surface area (Å²) in [5.74, 6) is -0.0931. The number of hydrogen-bond donors (Lipinski definition) is 1. The van der Waals surface area contributed by atoms with Crippen molar-refractivity contribution in [1.82, 2.24) is 15.2 Å². The normalized spacial score (nSPS) is 12.4. The van der Waals surface area contributed by atoms with E-state index in [2.05, 4.69) is 29.0 Å². The lowest BCUT2D eigenvalue weighted by Gasteiger charge is -2.19. The molecule has 1 aromatic rings. The Kier molecular flexibility index (Phi) is 7.55. The van der Waals surface area contributed by atoms with E-state index < -0.39 is 0 Å². The highest BCUT2D eigenvalue weighted by Gasteiger charge is 2.10. The predicted molar refractivity (Wildman–Crippen MR) is 83.2 cm³/mol. The third-order valence-electron chi connectivity index (χ3n) is 3.37. The van der Waals surface area contributed by atoms with Gasteiger partial charge in [-0.15, -0.1) is 0 Å². The van der Waals surface area contributed by atoms with Crippen LogP contribution in [-0.4, -0.2) is 41.5 Å². The monoisotopic (exact) mass is 297 g/mol. The minimum absolute atomic E-state index is 0.0931. The summed E-state index contributed by atoms with van der Waals surface area (Å²) in [6, 6.07) is 3.48. The first-order valence-corrected chi connectivity index (χ1v) is 7.59. The van der Waals surface area contributed by atoms with Crippen LogP contribution in [0.3, 0.4) is 0 Å². The fraction of sp³-hybridized carbons (Fsp3) is 0.600. The van der Waals surface area contributed by atoms with Gasteiger partial charge in [-0.1, -0.05) is 25.4 Å². The van der Waals surface area contributed by atoms with Gasteiger partial charge in [0.25, 0.3) is 5.91 Å². The van der Waals surface area contributed by atoms with Crippen molar-refractivity contribution < 1.29 is 4.79 Å². The number of halogens is 1. The molecule has 0 aliphatic carbocycles. The fourth-order valence-corrected chi connectivity index (χ4v) is 2.16. The molecule has 0 bridgehead atoms. The average Bonchev–Trinajstić information content (AvgIpc) is 2.44. The van der Waals surface area contributed by atoms with Crippen LogP contribution in [0.2, 0.25) is 5.15 Å². The summed E-state index contributed by atoms with van der Waals surface area (Å²) in [6.07, 6.45) is 3.56. The molecule has 1 unspecified atom stereocenters. The Hall–Kier alpha value is -1.13. The minimum atomic E-state index is -0.0931. The van der Waals surface area contributed by atoms with Crippen LogP contribution in [0.5, 0.6) is 0 Å². The Balaban J connectivity index is 2.33. The van der Waals surface area contributed by atoms with Crippen molar-refractivity contribution >= 4 is 17.5 Å². The third-order valence-corrected chi connectivity index (χ3v) is 3.60. The molecule has 1 aromatic heterocycles. The number of nitrogens with one attached hydrogen (secondary N) is 1. The van der Waals surface area contributed by atoms with Crippen molar-refractivity contribution in [2.24, 2.45) is 0 Å². The Morgan fingerprint density at radius 3 is 2.65 bits per heavy atom. The van der Waals surface area contributed by atoms with E-state index in [1.54, 1.807) is 12.1 Å². The second-order valence-corrected chi connectivity index (χ2v) is 5.30. The van der Waals surface area contributed by atoms with E-state index in [9.17, 15) is 4.79 Å². The largest absolute Gasteiger partial charge is 0.350 e. The van der Waals surface area contributed by atoms with Gasteiger partial charge >= 0.3 is 0 Å². The van der Waals surface area contributed by atoms with E-state index in [0.717, 1.165) is 32.5 Å². The minimum Gasteiger partial charge on any atom is -0.350 e. The predicted octanol–water partition coefficient (Wildman–Crippen LogP) is 2.98. The van der Waals surface area contributed by atoms with E-state index in [1.165, 1.54) is 6.20 Å². The second kappa shape index (κ2) is 8.93. The maximum Gasteiger partial charge on any atom is 0.253 e. The lowest BCUT2D eigenvalue weighted by Crippen LogP contribution is -2.33. The smallest absolute Gasteiger partial charge is 0.253 e. The molecule has 0 saturated heterocycles. The summed E-state index contributed by atoms with van der Waals surface area (Å²) in [5.41, 5.74) is 0.546. The molecule has 0 saturated carbocycles. The van der Waals surface area contributed by atoms with Crippen LogP contribution in [-0.2, 0) is 0 Å². The zero-order valence-corrected chi connectivity index (χ0v) is 13.3. The Morgan fingerprint density at radius 1 is 1.40 bits per heavy atom. The summed E-state index contributed by atoms with van der Waals surface area (Å²) >= 11 is 5.70. The Morgan fingerprint density at radius 2 is 2.10 bits per heavy atom. The van der Waals surface area contributed by atoms with Gasteiger partial charge in [0.15, 0.2) is 0 Å². The molecule has 0 aliphatic heterocycles. The molecule has 1 heterocycles. The first-order chi connectivity index (χ1) is 9.56. The van der Waals surface area contributed by atoms with E-state index in [-0.39, 0.29) is 11.9 Å². The van der Waals surface area contributed by atoms with Crippen molar-refractivity contribution in [3.05, 3.63) is 29.0 Å². The summed E-state index contributed by atoms with van der Waals surface area (Å²) in [5, 5.41) is 3.38. The quantitative estimate of drug-likeness (QED) is 0.750. The summed E-state index contributed by atoms with van der Waals surface area (Å²) < 4.78 is 0. The number of nitrogens with zero attached hydrogens (tertiary/aromatic N) is 2. The van der Waals surface area contributed by atoms with Crippen LogP contribution in [0.4, 0.5) is 0 Å². The van der Waals surface area contributed by atoms with Crippen LogP contribution < -0.4 is 5.32 Å². The van der Waals surface area contributed by atoms with Gasteiger partial charge in [-0.2, -0.15) is 0 Å². The van der Waals surface area contributed by atoms with E-state index in [0.29, 0.717) is 10.7 Å². The highest BCUT2D eigenvalue weighted by molar-refractivity contribution is 6.29. The lowest BCUT2D eigenvalue weighted by atomic mass is 10.1. The second-order valence-electron chi connectivity index (χ2n) is 4.91. The van der Waals surface area contributed by atoms with Gasteiger partial charge in [0.2, 0.25) is 0 Å². The SMILES string of the molecule is CCN(CC)CCCC(C)NC(=O)c1ccc(Cl)nc1. The summed E-state index contributed by atoms with van der Waals surface area (Å²) in [4.78, 5) is 18.3. The number of hydrogen-bond acceptors (Lipinski definition) is 3. The van der Waals surface area contributed by atoms with Crippen molar-refractivity contribution in [2.75, 3.05) is 19.6 Å².